The first-order valence-corrected chi connectivity index (χ1v) is 9.64. The zero-order valence-electron chi connectivity index (χ0n) is 15.4. The molecule has 4 aromatic rings. The summed E-state index contributed by atoms with van der Waals surface area (Å²) in [6.45, 7) is 0. The van der Waals surface area contributed by atoms with Gasteiger partial charge in [-0.1, -0.05) is 25.3 Å². The van der Waals surface area contributed by atoms with Gasteiger partial charge in [-0.05, 0) is 54.7 Å². The van der Waals surface area contributed by atoms with Crippen LogP contribution in [0.1, 0.15) is 43.6 Å². The Kier molecular flexibility index (Phi) is 3.81. The number of hydrogen-bond donors (Lipinski definition) is 0. The number of nitrogens with zero attached hydrogens (tertiary/aromatic N) is 4. The van der Waals surface area contributed by atoms with Crippen LogP contribution in [0.15, 0.2) is 53.7 Å². The first-order valence-electron chi connectivity index (χ1n) is 9.64. The Morgan fingerprint density at radius 3 is 2.70 bits per heavy atom. The minimum atomic E-state index is -0.0292. The van der Waals surface area contributed by atoms with Crippen molar-refractivity contribution in [2.75, 3.05) is 0 Å². The van der Waals surface area contributed by atoms with Gasteiger partial charge in [-0.25, -0.2) is 4.98 Å². The number of aryl methyl sites for hydroxylation is 1. The van der Waals surface area contributed by atoms with Gasteiger partial charge in [-0.3, -0.25) is 14.0 Å². The highest BCUT2D eigenvalue weighted by Crippen LogP contribution is 2.33. The molecule has 0 spiro atoms. The van der Waals surface area contributed by atoms with Crippen molar-refractivity contribution in [3.63, 3.8) is 0 Å². The normalized spacial score (nSPS) is 15.6. The maximum absolute atomic E-state index is 13.1. The Bertz CT molecular complexity index is 1200. The van der Waals surface area contributed by atoms with Crippen molar-refractivity contribution in [2.45, 2.75) is 38.0 Å². The third kappa shape index (κ3) is 2.83. The van der Waals surface area contributed by atoms with E-state index in [1.165, 1.54) is 37.7 Å². The summed E-state index contributed by atoms with van der Waals surface area (Å²) >= 11 is 0. The van der Waals surface area contributed by atoms with Gasteiger partial charge in [-0.2, -0.15) is 5.10 Å². The molecule has 5 heteroatoms. The Morgan fingerprint density at radius 1 is 1.00 bits per heavy atom. The monoisotopic (exact) mass is 358 g/mol. The molecule has 0 aliphatic heterocycles. The highest BCUT2D eigenvalue weighted by molar-refractivity contribution is 5.81. The summed E-state index contributed by atoms with van der Waals surface area (Å²) in [6.07, 6.45) is 10.0. The van der Waals surface area contributed by atoms with Crippen LogP contribution in [0.4, 0.5) is 0 Å². The second kappa shape index (κ2) is 6.34. The molecule has 0 bridgehead atoms. The van der Waals surface area contributed by atoms with E-state index in [1.54, 1.807) is 15.6 Å². The van der Waals surface area contributed by atoms with Crippen LogP contribution < -0.4 is 5.56 Å². The molecule has 2 aromatic heterocycles. The van der Waals surface area contributed by atoms with E-state index in [2.05, 4.69) is 22.2 Å². The summed E-state index contributed by atoms with van der Waals surface area (Å²) in [4.78, 5) is 17.7. The van der Waals surface area contributed by atoms with Crippen molar-refractivity contribution < 1.29 is 0 Å². The fraction of sp³-hybridized carbons (Fsp3) is 0.318. The van der Waals surface area contributed by atoms with Crippen LogP contribution in [0.5, 0.6) is 0 Å². The molecule has 1 aliphatic rings. The van der Waals surface area contributed by atoms with Gasteiger partial charge in [0.25, 0.3) is 5.56 Å². The van der Waals surface area contributed by atoms with Crippen molar-refractivity contribution in [2.24, 2.45) is 7.05 Å². The molecule has 0 unspecified atom stereocenters. The van der Waals surface area contributed by atoms with Gasteiger partial charge in [-0.15, -0.1) is 0 Å². The van der Waals surface area contributed by atoms with E-state index >= 15 is 0 Å². The minimum absolute atomic E-state index is 0.0292. The molecule has 2 heterocycles. The molecule has 5 rings (SSSR count). The van der Waals surface area contributed by atoms with Crippen molar-refractivity contribution in [1.82, 2.24) is 19.3 Å². The quantitative estimate of drug-likeness (QED) is 0.536. The molecule has 0 amide bonds. The third-order valence-electron chi connectivity index (χ3n) is 5.74. The SMILES string of the molecule is Cn1cc2cc(-n3cnc4cc(C5CCCCC5)ccc4c3=O)ccc2n1. The first kappa shape index (κ1) is 16.2. The predicted molar refractivity (Wildman–Crippen MR) is 107 cm³/mol. The average molecular weight is 358 g/mol. The van der Waals surface area contributed by atoms with Crippen molar-refractivity contribution >= 4 is 21.8 Å². The van der Waals surface area contributed by atoms with E-state index in [-0.39, 0.29) is 5.56 Å². The lowest BCUT2D eigenvalue weighted by atomic mass is 9.84. The average Bonchev–Trinajstić information content (AvgIpc) is 3.08. The highest BCUT2D eigenvalue weighted by Gasteiger charge is 2.16. The molecule has 0 N–H and O–H groups in total. The van der Waals surface area contributed by atoms with Gasteiger partial charge in [0, 0.05) is 18.6 Å². The highest BCUT2D eigenvalue weighted by atomic mass is 16.1. The summed E-state index contributed by atoms with van der Waals surface area (Å²) < 4.78 is 3.40. The molecule has 0 saturated heterocycles. The van der Waals surface area contributed by atoms with E-state index in [0.29, 0.717) is 11.3 Å². The van der Waals surface area contributed by atoms with Gasteiger partial charge in [0.15, 0.2) is 0 Å². The number of rotatable bonds is 2. The van der Waals surface area contributed by atoms with E-state index < -0.39 is 0 Å². The molecule has 2 aromatic carbocycles. The standard InChI is InChI=1S/C22H22N4O/c1-25-13-17-11-18(8-10-20(17)24-25)26-14-23-21-12-16(7-9-19(21)22(26)27)15-5-3-2-4-6-15/h7-15H,2-6H2,1H3. The largest absolute Gasteiger partial charge is 0.275 e. The topological polar surface area (TPSA) is 52.7 Å². The van der Waals surface area contributed by atoms with E-state index in [0.717, 1.165) is 22.1 Å². The maximum atomic E-state index is 13.1. The summed E-state index contributed by atoms with van der Waals surface area (Å²) in [5.41, 5.74) is 3.82. The van der Waals surface area contributed by atoms with Crippen LogP contribution in [0, 0.1) is 0 Å². The predicted octanol–water partition coefficient (Wildman–Crippen LogP) is 4.32. The van der Waals surface area contributed by atoms with Gasteiger partial charge in [0.1, 0.15) is 6.33 Å². The Balaban J connectivity index is 1.58. The molecule has 0 radical (unpaired) electrons. The lowest BCUT2D eigenvalue weighted by Crippen LogP contribution is -2.19. The lowest BCUT2D eigenvalue weighted by molar-refractivity contribution is 0.444. The first-order chi connectivity index (χ1) is 13.2. The minimum Gasteiger partial charge on any atom is -0.275 e. The molecule has 5 nitrogen and oxygen atoms in total. The summed E-state index contributed by atoms with van der Waals surface area (Å²) in [6, 6.07) is 12.0. The Hall–Kier alpha value is -2.95. The van der Waals surface area contributed by atoms with E-state index in [9.17, 15) is 4.79 Å². The van der Waals surface area contributed by atoms with Crippen LogP contribution in [-0.2, 0) is 7.05 Å². The van der Waals surface area contributed by atoms with E-state index in [4.69, 9.17) is 0 Å². The molecule has 1 aliphatic carbocycles. The maximum Gasteiger partial charge on any atom is 0.265 e. The molecular formula is C22H22N4O. The fourth-order valence-corrected chi connectivity index (χ4v) is 4.30. The summed E-state index contributed by atoms with van der Waals surface area (Å²) in [5, 5.41) is 6.07. The Labute approximate surface area is 157 Å². The van der Waals surface area contributed by atoms with Crippen molar-refractivity contribution in [3.8, 4) is 5.69 Å². The molecule has 1 fully saturated rings. The van der Waals surface area contributed by atoms with Gasteiger partial charge in [0.05, 0.1) is 22.1 Å². The zero-order valence-corrected chi connectivity index (χ0v) is 15.4. The van der Waals surface area contributed by atoms with Gasteiger partial charge < -0.3 is 0 Å². The van der Waals surface area contributed by atoms with Crippen LogP contribution in [0.2, 0.25) is 0 Å². The van der Waals surface area contributed by atoms with Gasteiger partial charge >= 0.3 is 0 Å². The number of aromatic nitrogens is 4. The van der Waals surface area contributed by atoms with Crippen LogP contribution >= 0.6 is 0 Å². The van der Waals surface area contributed by atoms with E-state index in [1.807, 2.05) is 37.5 Å². The smallest absolute Gasteiger partial charge is 0.265 e. The van der Waals surface area contributed by atoms with Crippen molar-refractivity contribution in [1.29, 1.82) is 0 Å². The fourth-order valence-electron chi connectivity index (χ4n) is 4.30. The van der Waals surface area contributed by atoms with Crippen LogP contribution in [0.25, 0.3) is 27.5 Å². The third-order valence-corrected chi connectivity index (χ3v) is 5.74. The number of hydrogen-bond acceptors (Lipinski definition) is 3. The number of benzene rings is 2. The molecule has 1 saturated carbocycles. The molecule has 136 valence electrons. The van der Waals surface area contributed by atoms with Crippen LogP contribution in [-0.4, -0.2) is 19.3 Å². The summed E-state index contributed by atoms with van der Waals surface area (Å²) in [5.74, 6) is 0.611. The van der Waals surface area contributed by atoms with Crippen molar-refractivity contribution in [3.05, 3.63) is 64.8 Å². The van der Waals surface area contributed by atoms with Crippen LogP contribution in [0.3, 0.4) is 0 Å². The molecule has 0 atom stereocenters. The second-order valence-electron chi connectivity index (χ2n) is 7.58. The lowest BCUT2D eigenvalue weighted by Gasteiger charge is -2.22. The Morgan fingerprint density at radius 2 is 1.85 bits per heavy atom. The molecular weight excluding hydrogens is 336 g/mol. The zero-order chi connectivity index (χ0) is 18.4. The second-order valence-corrected chi connectivity index (χ2v) is 7.58. The molecule has 27 heavy (non-hydrogen) atoms. The number of fused-ring (bicyclic) bond motifs is 2. The van der Waals surface area contributed by atoms with Gasteiger partial charge in [0.2, 0.25) is 0 Å². The summed E-state index contributed by atoms with van der Waals surface area (Å²) in [7, 11) is 1.90.